The number of amides is 1. The number of rotatable bonds is 6. The van der Waals surface area contributed by atoms with Gasteiger partial charge in [-0.2, -0.15) is 0 Å². The molecule has 2 N–H and O–H groups in total. The van der Waals surface area contributed by atoms with Gasteiger partial charge >= 0.3 is 0 Å². The summed E-state index contributed by atoms with van der Waals surface area (Å²) in [7, 11) is 0. The largest absolute Gasteiger partial charge is 0.483 e. The average molecular weight is 329 g/mol. The molecule has 0 bridgehead atoms. The molecule has 1 aromatic carbocycles. The Bertz CT molecular complexity index is 445. The Morgan fingerprint density at radius 3 is 2.53 bits per heavy atom. The van der Waals surface area contributed by atoms with Gasteiger partial charge in [0, 0.05) is 29.7 Å². The highest BCUT2D eigenvalue weighted by atomic mass is 79.9. The second-order valence-corrected chi connectivity index (χ2v) is 5.19. The lowest BCUT2D eigenvalue weighted by molar-refractivity contribution is -0.132. The number of aryl methyl sites for hydroxylation is 1. The van der Waals surface area contributed by atoms with Crippen LogP contribution < -0.4 is 10.5 Å². The highest BCUT2D eigenvalue weighted by molar-refractivity contribution is 9.10. The summed E-state index contributed by atoms with van der Waals surface area (Å²) < 4.78 is 6.63. The number of hydrogen-bond acceptors (Lipinski definition) is 3. The zero-order chi connectivity index (χ0) is 14.4. The molecule has 0 saturated heterocycles. The first-order valence-electron chi connectivity index (χ1n) is 6.43. The van der Waals surface area contributed by atoms with Crippen LogP contribution in [-0.2, 0) is 11.3 Å². The van der Waals surface area contributed by atoms with Crippen molar-refractivity contribution in [2.24, 2.45) is 5.73 Å². The fraction of sp³-hybridized carbons (Fsp3) is 0.500. The van der Waals surface area contributed by atoms with E-state index in [4.69, 9.17) is 10.5 Å². The van der Waals surface area contributed by atoms with Crippen molar-refractivity contribution in [1.29, 1.82) is 0 Å². The van der Waals surface area contributed by atoms with Crippen LogP contribution in [0.5, 0.6) is 5.75 Å². The van der Waals surface area contributed by atoms with Crippen LogP contribution in [0.1, 0.15) is 25.0 Å². The topological polar surface area (TPSA) is 55.6 Å². The van der Waals surface area contributed by atoms with E-state index >= 15 is 0 Å². The summed E-state index contributed by atoms with van der Waals surface area (Å²) in [6.45, 7) is 7.69. The number of nitrogens with zero attached hydrogens (tertiary/aromatic N) is 1. The third-order valence-corrected chi connectivity index (χ3v) is 3.45. The highest BCUT2D eigenvalue weighted by Crippen LogP contribution is 2.27. The minimum Gasteiger partial charge on any atom is -0.483 e. The number of halogens is 1. The lowest BCUT2D eigenvalue weighted by Crippen LogP contribution is -2.34. The Hall–Kier alpha value is -1.07. The van der Waals surface area contributed by atoms with Gasteiger partial charge in [0.1, 0.15) is 5.75 Å². The fourth-order valence-corrected chi connectivity index (χ4v) is 2.58. The van der Waals surface area contributed by atoms with E-state index in [1.165, 1.54) is 0 Å². The molecule has 0 radical (unpaired) electrons. The second-order valence-electron chi connectivity index (χ2n) is 4.27. The highest BCUT2D eigenvalue weighted by Gasteiger charge is 2.13. The molecule has 5 heteroatoms. The predicted molar refractivity (Wildman–Crippen MR) is 80.2 cm³/mol. The van der Waals surface area contributed by atoms with Gasteiger partial charge in [-0.15, -0.1) is 0 Å². The zero-order valence-corrected chi connectivity index (χ0v) is 13.3. The smallest absolute Gasteiger partial charge is 0.260 e. The maximum atomic E-state index is 11.9. The van der Waals surface area contributed by atoms with E-state index in [9.17, 15) is 4.79 Å². The van der Waals surface area contributed by atoms with Crippen LogP contribution in [0.25, 0.3) is 0 Å². The van der Waals surface area contributed by atoms with E-state index in [1.807, 2.05) is 32.9 Å². The summed E-state index contributed by atoms with van der Waals surface area (Å²) in [5.41, 5.74) is 7.59. The van der Waals surface area contributed by atoms with Crippen molar-refractivity contribution in [2.45, 2.75) is 27.3 Å². The normalized spacial score (nSPS) is 10.4. The Morgan fingerprint density at radius 2 is 2.00 bits per heavy atom. The Balaban J connectivity index is 2.80. The van der Waals surface area contributed by atoms with Crippen molar-refractivity contribution in [1.82, 2.24) is 4.90 Å². The molecule has 1 rings (SSSR count). The van der Waals surface area contributed by atoms with E-state index in [-0.39, 0.29) is 12.5 Å². The molecule has 0 aliphatic rings. The number of ether oxygens (including phenoxy) is 1. The molecule has 1 aromatic rings. The first-order chi connectivity index (χ1) is 9.03. The van der Waals surface area contributed by atoms with E-state index in [0.717, 1.165) is 15.6 Å². The molecule has 0 aliphatic heterocycles. The molecule has 0 saturated carbocycles. The molecular formula is C14H21BrN2O2. The summed E-state index contributed by atoms with van der Waals surface area (Å²) in [5.74, 6) is 0.710. The Morgan fingerprint density at radius 1 is 1.37 bits per heavy atom. The van der Waals surface area contributed by atoms with E-state index < -0.39 is 0 Å². The number of carbonyl (C=O) groups excluding carboxylic acids is 1. The van der Waals surface area contributed by atoms with E-state index in [2.05, 4.69) is 15.9 Å². The van der Waals surface area contributed by atoms with Gasteiger partial charge in [0.05, 0.1) is 0 Å². The molecule has 0 aliphatic carbocycles. The monoisotopic (exact) mass is 328 g/mol. The van der Waals surface area contributed by atoms with Gasteiger partial charge in [-0.1, -0.05) is 15.9 Å². The van der Waals surface area contributed by atoms with Crippen molar-refractivity contribution in [2.75, 3.05) is 19.7 Å². The standard InChI is InChI=1S/C14H21BrN2O2/c1-4-17(5-2)13(18)9-19-14-10(3)6-12(15)7-11(14)8-16/h6-7H,4-5,8-9,16H2,1-3H3. The summed E-state index contributed by atoms with van der Waals surface area (Å²) >= 11 is 3.43. The third kappa shape index (κ3) is 4.21. The number of nitrogens with two attached hydrogens (primary N) is 1. The van der Waals surface area contributed by atoms with E-state index in [0.29, 0.717) is 25.4 Å². The maximum absolute atomic E-state index is 11.9. The van der Waals surface area contributed by atoms with Crippen LogP contribution in [-0.4, -0.2) is 30.5 Å². The van der Waals surface area contributed by atoms with Crippen molar-refractivity contribution < 1.29 is 9.53 Å². The number of benzene rings is 1. The minimum absolute atomic E-state index is 0.00436. The van der Waals surface area contributed by atoms with Crippen LogP contribution in [0, 0.1) is 6.92 Å². The van der Waals surface area contributed by atoms with Crippen LogP contribution in [0.3, 0.4) is 0 Å². The first kappa shape index (κ1) is 16.0. The van der Waals surface area contributed by atoms with Gasteiger partial charge in [0.2, 0.25) is 0 Å². The van der Waals surface area contributed by atoms with Crippen LogP contribution >= 0.6 is 15.9 Å². The maximum Gasteiger partial charge on any atom is 0.260 e. The summed E-state index contributed by atoms with van der Waals surface area (Å²) in [5, 5.41) is 0. The van der Waals surface area contributed by atoms with Crippen LogP contribution in [0.4, 0.5) is 0 Å². The predicted octanol–water partition coefficient (Wildman–Crippen LogP) is 2.46. The Kier molecular flexibility index (Phi) is 6.31. The lowest BCUT2D eigenvalue weighted by atomic mass is 10.1. The van der Waals surface area contributed by atoms with Crippen molar-refractivity contribution in [3.05, 3.63) is 27.7 Å². The van der Waals surface area contributed by atoms with E-state index in [1.54, 1.807) is 4.90 Å². The van der Waals surface area contributed by atoms with Crippen molar-refractivity contribution in [3.63, 3.8) is 0 Å². The zero-order valence-electron chi connectivity index (χ0n) is 11.7. The Labute approximate surface area is 123 Å². The summed E-state index contributed by atoms with van der Waals surface area (Å²) in [6, 6.07) is 3.88. The molecule has 0 aromatic heterocycles. The first-order valence-corrected chi connectivity index (χ1v) is 7.22. The quantitative estimate of drug-likeness (QED) is 0.872. The number of carbonyl (C=O) groups is 1. The minimum atomic E-state index is -0.00436. The number of likely N-dealkylation sites (N-methyl/N-ethyl adjacent to an activating group) is 1. The molecule has 0 atom stereocenters. The van der Waals surface area contributed by atoms with Crippen LogP contribution in [0.15, 0.2) is 16.6 Å². The summed E-state index contributed by atoms with van der Waals surface area (Å²) in [4.78, 5) is 13.7. The van der Waals surface area contributed by atoms with Crippen LogP contribution in [0.2, 0.25) is 0 Å². The summed E-state index contributed by atoms with van der Waals surface area (Å²) in [6.07, 6.45) is 0. The third-order valence-electron chi connectivity index (χ3n) is 2.99. The fourth-order valence-electron chi connectivity index (χ4n) is 1.96. The van der Waals surface area contributed by atoms with Crippen molar-refractivity contribution >= 4 is 21.8 Å². The number of hydrogen-bond donors (Lipinski definition) is 1. The molecule has 4 nitrogen and oxygen atoms in total. The molecule has 0 unspecified atom stereocenters. The molecule has 106 valence electrons. The van der Waals surface area contributed by atoms with Gasteiger partial charge in [-0.3, -0.25) is 4.79 Å². The molecular weight excluding hydrogens is 308 g/mol. The average Bonchev–Trinajstić information content (AvgIpc) is 2.38. The molecule has 1 amide bonds. The lowest BCUT2D eigenvalue weighted by Gasteiger charge is -2.20. The van der Waals surface area contributed by atoms with Crippen molar-refractivity contribution in [3.8, 4) is 5.75 Å². The van der Waals surface area contributed by atoms with Gasteiger partial charge in [-0.25, -0.2) is 0 Å². The molecule has 0 fully saturated rings. The SMILES string of the molecule is CCN(CC)C(=O)COc1c(C)cc(Br)cc1CN. The van der Waals surface area contributed by atoms with Gasteiger partial charge < -0.3 is 15.4 Å². The molecule has 0 heterocycles. The second kappa shape index (κ2) is 7.50. The molecule has 0 spiro atoms. The van der Waals surface area contributed by atoms with Gasteiger partial charge in [0.25, 0.3) is 5.91 Å². The van der Waals surface area contributed by atoms with Gasteiger partial charge in [-0.05, 0) is 38.5 Å². The molecule has 19 heavy (non-hydrogen) atoms. The van der Waals surface area contributed by atoms with Gasteiger partial charge in [0.15, 0.2) is 6.61 Å².